The van der Waals surface area contributed by atoms with Gasteiger partial charge in [-0.25, -0.2) is 8.42 Å². The number of rotatable bonds is 4. The van der Waals surface area contributed by atoms with Crippen molar-refractivity contribution in [1.29, 1.82) is 0 Å². The van der Waals surface area contributed by atoms with Crippen LogP contribution in [0.3, 0.4) is 0 Å². The first-order chi connectivity index (χ1) is 9.26. The second-order valence-corrected chi connectivity index (χ2v) is 9.30. The molecule has 1 aromatic heterocycles. The molecule has 0 aliphatic carbocycles. The molecule has 0 unspecified atom stereocenters. The van der Waals surface area contributed by atoms with Gasteiger partial charge >= 0.3 is 0 Å². The maximum atomic E-state index is 12.7. The third-order valence-electron chi connectivity index (χ3n) is 3.22. The van der Waals surface area contributed by atoms with Gasteiger partial charge in [0.2, 0.25) is 10.0 Å². The lowest BCUT2D eigenvalue weighted by Crippen LogP contribution is -2.46. The molecule has 6 nitrogen and oxygen atoms in total. The average Bonchev–Trinajstić information content (AvgIpc) is 2.70. The molecule has 8 heteroatoms. The Morgan fingerprint density at radius 1 is 1.50 bits per heavy atom. The molecule has 0 aromatic carbocycles. The third-order valence-corrected chi connectivity index (χ3v) is 6.38. The molecule has 20 heavy (non-hydrogen) atoms. The zero-order chi connectivity index (χ0) is 15.0. The molecular formula is C12H22N4O2S2. The van der Waals surface area contributed by atoms with Crippen LogP contribution in [0.25, 0.3) is 0 Å². The molecule has 1 aromatic rings. The van der Waals surface area contributed by atoms with Crippen molar-refractivity contribution in [3.05, 3.63) is 6.20 Å². The topological polar surface area (TPSA) is 81.2 Å². The number of nitrogen functional groups attached to an aromatic ring is 1. The molecule has 2 rings (SSSR count). The van der Waals surface area contributed by atoms with Crippen molar-refractivity contribution in [2.75, 3.05) is 24.6 Å². The van der Waals surface area contributed by atoms with E-state index < -0.39 is 10.0 Å². The van der Waals surface area contributed by atoms with Crippen LogP contribution in [0, 0.1) is 0 Å². The van der Waals surface area contributed by atoms with Crippen molar-refractivity contribution in [1.82, 2.24) is 14.1 Å². The van der Waals surface area contributed by atoms with Crippen LogP contribution < -0.4 is 5.73 Å². The van der Waals surface area contributed by atoms with Gasteiger partial charge in [-0.15, -0.1) is 0 Å². The summed E-state index contributed by atoms with van der Waals surface area (Å²) in [5.74, 6) is 0.893. The molecule has 1 fully saturated rings. The van der Waals surface area contributed by atoms with Crippen LogP contribution in [0.5, 0.6) is 0 Å². The number of nitrogens with two attached hydrogens (primary N) is 1. The van der Waals surface area contributed by atoms with E-state index in [1.54, 1.807) is 22.6 Å². The van der Waals surface area contributed by atoms with Crippen LogP contribution in [-0.2, 0) is 16.6 Å². The molecule has 114 valence electrons. The standard InChI is InChI=1S/C12H22N4O2S2/c1-4-5-15-8-10(11(13)14-15)20(17,18)16-6-7-19-12(2,3)9-16/h8H,4-7,9H2,1-3H3,(H2,13,14). The van der Waals surface area contributed by atoms with Crippen LogP contribution in [0.4, 0.5) is 5.82 Å². The van der Waals surface area contributed by atoms with Crippen molar-refractivity contribution in [3.8, 4) is 0 Å². The summed E-state index contributed by atoms with van der Waals surface area (Å²) in [6, 6.07) is 0. The first-order valence-electron chi connectivity index (χ1n) is 6.73. The summed E-state index contributed by atoms with van der Waals surface area (Å²) in [4.78, 5) is 0.133. The third kappa shape index (κ3) is 3.12. The molecule has 0 atom stereocenters. The highest BCUT2D eigenvalue weighted by atomic mass is 32.2. The summed E-state index contributed by atoms with van der Waals surface area (Å²) >= 11 is 1.79. The molecule has 0 spiro atoms. The fourth-order valence-electron chi connectivity index (χ4n) is 2.28. The zero-order valence-corrected chi connectivity index (χ0v) is 13.8. The predicted octanol–water partition coefficient (Wildman–Crippen LogP) is 1.39. The Morgan fingerprint density at radius 3 is 2.80 bits per heavy atom. The highest BCUT2D eigenvalue weighted by Crippen LogP contribution is 2.33. The van der Waals surface area contributed by atoms with E-state index in [0.29, 0.717) is 19.6 Å². The van der Waals surface area contributed by atoms with E-state index in [1.807, 2.05) is 6.92 Å². The number of nitrogens with zero attached hydrogens (tertiary/aromatic N) is 3. The maximum absolute atomic E-state index is 12.7. The molecule has 1 saturated heterocycles. The summed E-state index contributed by atoms with van der Waals surface area (Å²) in [5, 5.41) is 4.08. The number of aryl methyl sites for hydroxylation is 1. The highest BCUT2D eigenvalue weighted by Gasteiger charge is 2.36. The monoisotopic (exact) mass is 318 g/mol. The lowest BCUT2D eigenvalue weighted by atomic mass is 10.2. The van der Waals surface area contributed by atoms with Gasteiger partial charge in [0.05, 0.1) is 0 Å². The minimum Gasteiger partial charge on any atom is -0.381 e. The quantitative estimate of drug-likeness (QED) is 0.907. The van der Waals surface area contributed by atoms with Crippen molar-refractivity contribution in [3.63, 3.8) is 0 Å². The summed E-state index contributed by atoms with van der Waals surface area (Å²) in [7, 11) is -3.55. The summed E-state index contributed by atoms with van der Waals surface area (Å²) < 4.78 is 28.4. The fourth-order valence-corrected chi connectivity index (χ4v) is 5.25. The Kier molecular flexibility index (Phi) is 4.36. The molecule has 1 aliphatic rings. The van der Waals surface area contributed by atoms with Gasteiger partial charge in [-0.3, -0.25) is 4.68 Å². The van der Waals surface area contributed by atoms with Crippen molar-refractivity contribution < 1.29 is 8.42 Å². The number of aromatic nitrogens is 2. The number of sulfonamides is 1. The predicted molar refractivity (Wildman–Crippen MR) is 82.2 cm³/mol. The first kappa shape index (κ1) is 15.7. The van der Waals surface area contributed by atoms with Gasteiger partial charge in [-0.05, 0) is 20.3 Å². The van der Waals surface area contributed by atoms with Crippen LogP contribution in [0.1, 0.15) is 27.2 Å². The van der Waals surface area contributed by atoms with Crippen molar-refractivity contribution in [2.24, 2.45) is 0 Å². The lowest BCUT2D eigenvalue weighted by molar-refractivity contribution is 0.387. The smallest absolute Gasteiger partial charge is 0.248 e. The lowest BCUT2D eigenvalue weighted by Gasteiger charge is -2.36. The number of hydrogen-bond donors (Lipinski definition) is 1. The van der Waals surface area contributed by atoms with Crippen molar-refractivity contribution in [2.45, 2.75) is 43.4 Å². The number of thioether (sulfide) groups is 1. The maximum Gasteiger partial charge on any atom is 0.248 e. The van der Waals surface area contributed by atoms with Gasteiger partial charge in [-0.1, -0.05) is 6.92 Å². The number of hydrogen-bond acceptors (Lipinski definition) is 5. The van der Waals surface area contributed by atoms with Gasteiger partial charge in [0.25, 0.3) is 0 Å². The largest absolute Gasteiger partial charge is 0.381 e. The molecule has 2 N–H and O–H groups in total. The van der Waals surface area contributed by atoms with Crippen LogP contribution in [0.15, 0.2) is 11.1 Å². The van der Waals surface area contributed by atoms with Crippen LogP contribution >= 0.6 is 11.8 Å². The van der Waals surface area contributed by atoms with E-state index in [2.05, 4.69) is 18.9 Å². The summed E-state index contributed by atoms with van der Waals surface area (Å²) in [6.07, 6.45) is 2.43. The minimum atomic E-state index is -3.55. The normalized spacial score (nSPS) is 20.1. The first-order valence-corrected chi connectivity index (χ1v) is 9.16. The van der Waals surface area contributed by atoms with Crippen molar-refractivity contribution >= 4 is 27.6 Å². The Morgan fingerprint density at radius 2 is 2.20 bits per heavy atom. The van der Waals surface area contributed by atoms with E-state index in [-0.39, 0.29) is 15.5 Å². The second kappa shape index (κ2) is 5.57. The van der Waals surface area contributed by atoms with E-state index in [1.165, 1.54) is 4.31 Å². The Balaban J connectivity index is 2.30. The molecule has 0 bridgehead atoms. The van der Waals surface area contributed by atoms with E-state index in [4.69, 9.17) is 5.73 Å². The number of anilines is 1. The second-order valence-electron chi connectivity index (χ2n) is 5.59. The van der Waals surface area contributed by atoms with Gasteiger partial charge in [0.15, 0.2) is 5.82 Å². The van der Waals surface area contributed by atoms with E-state index in [0.717, 1.165) is 12.2 Å². The zero-order valence-electron chi connectivity index (χ0n) is 12.2. The highest BCUT2D eigenvalue weighted by molar-refractivity contribution is 8.00. The Bertz CT molecular complexity index is 580. The van der Waals surface area contributed by atoms with Gasteiger partial charge in [0.1, 0.15) is 4.90 Å². The van der Waals surface area contributed by atoms with Crippen LogP contribution in [0.2, 0.25) is 0 Å². The molecular weight excluding hydrogens is 296 g/mol. The fraction of sp³-hybridized carbons (Fsp3) is 0.750. The Hall–Kier alpha value is -0.730. The summed E-state index contributed by atoms with van der Waals surface area (Å²) in [5.41, 5.74) is 5.79. The van der Waals surface area contributed by atoms with E-state index >= 15 is 0 Å². The molecule has 0 saturated carbocycles. The average molecular weight is 318 g/mol. The molecule has 0 radical (unpaired) electrons. The summed E-state index contributed by atoms with van der Waals surface area (Å²) in [6.45, 7) is 7.82. The Labute approximate surface area is 124 Å². The molecule has 0 amide bonds. The molecule has 2 heterocycles. The minimum absolute atomic E-state index is 0.0699. The van der Waals surface area contributed by atoms with Gasteiger partial charge < -0.3 is 5.73 Å². The van der Waals surface area contributed by atoms with Crippen LogP contribution in [-0.4, -0.2) is 46.1 Å². The molecule has 1 aliphatic heterocycles. The van der Waals surface area contributed by atoms with E-state index in [9.17, 15) is 8.42 Å². The SMILES string of the molecule is CCCn1cc(S(=O)(=O)N2CCSC(C)(C)C2)c(N)n1. The van der Waals surface area contributed by atoms with Gasteiger partial charge in [-0.2, -0.15) is 21.2 Å². The van der Waals surface area contributed by atoms with Gasteiger partial charge in [0, 0.05) is 36.3 Å².